The highest BCUT2D eigenvalue weighted by Gasteiger charge is 2.07. The molecule has 0 spiro atoms. The van der Waals surface area contributed by atoms with Gasteiger partial charge >= 0.3 is 0 Å². The average Bonchev–Trinajstić information content (AvgIpc) is 2.30. The lowest BCUT2D eigenvalue weighted by molar-refractivity contribution is 1.08. The first kappa shape index (κ1) is 9.77. The van der Waals surface area contributed by atoms with E-state index in [9.17, 15) is 0 Å². The lowest BCUT2D eigenvalue weighted by atomic mass is 10.0. The molecule has 2 heterocycles. The van der Waals surface area contributed by atoms with E-state index in [0.29, 0.717) is 0 Å². The summed E-state index contributed by atoms with van der Waals surface area (Å²) < 4.78 is 0. The van der Waals surface area contributed by atoms with Crippen LogP contribution >= 0.6 is 0 Å². The Morgan fingerprint density at radius 3 is 2.67 bits per heavy atom. The highest BCUT2D eigenvalue weighted by molar-refractivity contribution is 5.64. The summed E-state index contributed by atoms with van der Waals surface area (Å²) in [5.74, 6) is 0. The molecule has 0 aromatic carbocycles. The SMILES string of the molecule is CCc1ccncc1-c1nccnc1C. The van der Waals surface area contributed by atoms with Gasteiger partial charge in [0.15, 0.2) is 0 Å². The van der Waals surface area contributed by atoms with Crippen LogP contribution < -0.4 is 0 Å². The van der Waals surface area contributed by atoms with Gasteiger partial charge in [-0.15, -0.1) is 0 Å². The van der Waals surface area contributed by atoms with Gasteiger partial charge in [0.2, 0.25) is 0 Å². The number of nitrogens with zero attached hydrogens (tertiary/aromatic N) is 3. The Hall–Kier alpha value is -1.77. The zero-order valence-electron chi connectivity index (χ0n) is 8.94. The van der Waals surface area contributed by atoms with Gasteiger partial charge in [0, 0.05) is 30.4 Å². The topological polar surface area (TPSA) is 38.7 Å². The Morgan fingerprint density at radius 2 is 1.93 bits per heavy atom. The van der Waals surface area contributed by atoms with Crippen LogP contribution in [0.2, 0.25) is 0 Å². The fourth-order valence-corrected chi connectivity index (χ4v) is 1.62. The molecule has 2 aromatic rings. The Morgan fingerprint density at radius 1 is 1.13 bits per heavy atom. The molecule has 0 unspecified atom stereocenters. The van der Waals surface area contributed by atoms with Crippen LogP contribution in [0.3, 0.4) is 0 Å². The largest absolute Gasteiger partial charge is 0.264 e. The van der Waals surface area contributed by atoms with E-state index in [4.69, 9.17) is 0 Å². The van der Waals surface area contributed by atoms with Crippen LogP contribution in [0.5, 0.6) is 0 Å². The van der Waals surface area contributed by atoms with Crippen molar-refractivity contribution >= 4 is 0 Å². The normalized spacial score (nSPS) is 10.3. The fraction of sp³-hybridized carbons (Fsp3) is 0.250. The van der Waals surface area contributed by atoms with Crippen molar-refractivity contribution in [3.63, 3.8) is 0 Å². The maximum absolute atomic E-state index is 4.35. The maximum atomic E-state index is 4.35. The molecule has 76 valence electrons. The Labute approximate surface area is 89.2 Å². The monoisotopic (exact) mass is 199 g/mol. The van der Waals surface area contributed by atoms with E-state index < -0.39 is 0 Å². The number of aromatic nitrogens is 3. The summed E-state index contributed by atoms with van der Waals surface area (Å²) >= 11 is 0. The number of pyridine rings is 1. The zero-order valence-corrected chi connectivity index (χ0v) is 8.94. The number of hydrogen-bond donors (Lipinski definition) is 0. The van der Waals surface area contributed by atoms with Crippen LogP contribution in [-0.4, -0.2) is 15.0 Å². The molecule has 0 aliphatic rings. The summed E-state index contributed by atoms with van der Waals surface area (Å²) in [5, 5.41) is 0. The highest BCUT2D eigenvalue weighted by atomic mass is 14.8. The average molecular weight is 199 g/mol. The maximum Gasteiger partial charge on any atom is 0.0932 e. The first-order valence-corrected chi connectivity index (χ1v) is 5.03. The Balaban J connectivity index is 2.59. The van der Waals surface area contributed by atoms with E-state index in [-0.39, 0.29) is 0 Å². The zero-order chi connectivity index (χ0) is 10.7. The predicted molar refractivity (Wildman–Crippen MR) is 59.4 cm³/mol. The standard InChI is InChI=1S/C12H13N3/c1-3-10-4-5-13-8-11(10)12-9(2)14-6-7-15-12/h4-8H,3H2,1-2H3. The lowest BCUT2D eigenvalue weighted by Crippen LogP contribution is -1.95. The number of hydrogen-bond acceptors (Lipinski definition) is 3. The first-order chi connectivity index (χ1) is 7.33. The molecule has 15 heavy (non-hydrogen) atoms. The molecular weight excluding hydrogens is 186 g/mol. The van der Waals surface area contributed by atoms with E-state index in [2.05, 4.69) is 21.9 Å². The van der Waals surface area contributed by atoms with Crippen molar-refractivity contribution in [2.75, 3.05) is 0 Å². The minimum absolute atomic E-state index is 0.933. The molecule has 0 aliphatic heterocycles. The molecule has 0 radical (unpaired) electrons. The molecule has 2 aromatic heterocycles. The second-order valence-corrected chi connectivity index (χ2v) is 3.38. The van der Waals surface area contributed by atoms with Gasteiger partial charge < -0.3 is 0 Å². The second kappa shape index (κ2) is 4.17. The van der Waals surface area contributed by atoms with E-state index in [1.165, 1.54) is 5.56 Å². The van der Waals surface area contributed by atoms with Crippen molar-refractivity contribution < 1.29 is 0 Å². The lowest BCUT2D eigenvalue weighted by Gasteiger charge is -2.07. The molecule has 0 saturated heterocycles. The smallest absolute Gasteiger partial charge is 0.0932 e. The molecule has 0 saturated carbocycles. The van der Waals surface area contributed by atoms with Gasteiger partial charge in [-0.3, -0.25) is 15.0 Å². The summed E-state index contributed by atoms with van der Waals surface area (Å²) in [7, 11) is 0. The van der Waals surface area contributed by atoms with Crippen molar-refractivity contribution in [3.8, 4) is 11.3 Å². The van der Waals surface area contributed by atoms with Gasteiger partial charge in [-0.2, -0.15) is 0 Å². The second-order valence-electron chi connectivity index (χ2n) is 3.38. The Kier molecular flexibility index (Phi) is 2.72. The molecule has 0 atom stereocenters. The van der Waals surface area contributed by atoms with E-state index >= 15 is 0 Å². The molecular formula is C12H13N3. The molecule has 0 aliphatic carbocycles. The molecule has 0 bridgehead atoms. The number of rotatable bonds is 2. The molecule has 0 fully saturated rings. The van der Waals surface area contributed by atoms with Gasteiger partial charge in [-0.05, 0) is 25.0 Å². The van der Waals surface area contributed by atoms with Gasteiger partial charge in [0.1, 0.15) is 0 Å². The molecule has 3 heteroatoms. The van der Waals surface area contributed by atoms with Gasteiger partial charge in [0.05, 0.1) is 11.4 Å². The van der Waals surface area contributed by atoms with E-state index in [1.807, 2.05) is 25.4 Å². The van der Waals surface area contributed by atoms with Crippen molar-refractivity contribution in [2.45, 2.75) is 20.3 Å². The van der Waals surface area contributed by atoms with Crippen molar-refractivity contribution in [1.82, 2.24) is 15.0 Å². The quantitative estimate of drug-likeness (QED) is 0.745. The van der Waals surface area contributed by atoms with Crippen LogP contribution in [-0.2, 0) is 6.42 Å². The summed E-state index contributed by atoms with van der Waals surface area (Å²) in [6.07, 6.45) is 8.08. The van der Waals surface area contributed by atoms with Crippen molar-refractivity contribution in [2.24, 2.45) is 0 Å². The van der Waals surface area contributed by atoms with Gasteiger partial charge in [-0.25, -0.2) is 0 Å². The minimum atomic E-state index is 0.933. The first-order valence-electron chi connectivity index (χ1n) is 5.03. The van der Waals surface area contributed by atoms with E-state index in [0.717, 1.165) is 23.4 Å². The predicted octanol–water partition coefficient (Wildman–Crippen LogP) is 2.41. The van der Waals surface area contributed by atoms with Crippen LogP contribution in [0.15, 0.2) is 30.9 Å². The van der Waals surface area contributed by atoms with Crippen LogP contribution in [0.4, 0.5) is 0 Å². The summed E-state index contributed by atoms with van der Waals surface area (Å²) in [5.41, 5.74) is 4.22. The van der Waals surface area contributed by atoms with Gasteiger partial charge in [-0.1, -0.05) is 6.92 Å². The summed E-state index contributed by atoms with van der Waals surface area (Å²) in [6, 6.07) is 2.03. The van der Waals surface area contributed by atoms with Crippen molar-refractivity contribution in [3.05, 3.63) is 42.1 Å². The minimum Gasteiger partial charge on any atom is -0.264 e. The Bertz CT molecular complexity index is 466. The fourth-order valence-electron chi connectivity index (χ4n) is 1.62. The molecule has 0 N–H and O–H groups in total. The third-order valence-electron chi connectivity index (χ3n) is 2.43. The highest BCUT2D eigenvalue weighted by Crippen LogP contribution is 2.22. The van der Waals surface area contributed by atoms with Gasteiger partial charge in [0.25, 0.3) is 0 Å². The molecule has 2 rings (SSSR count). The van der Waals surface area contributed by atoms with Crippen LogP contribution in [0.25, 0.3) is 11.3 Å². The number of aryl methyl sites for hydroxylation is 2. The van der Waals surface area contributed by atoms with Crippen LogP contribution in [0, 0.1) is 6.92 Å². The summed E-state index contributed by atoms with van der Waals surface area (Å²) in [6.45, 7) is 4.10. The van der Waals surface area contributed by atoms with Crippen molar-refractivity contribution in [1.29, 1.82) is 0 Å². The molecule has 0 amide bonds. The molecule has 3 nitrogen and oxygen atoms in total. The third kappa shape index (κ3) is 1.86. The third-order valence-corrected chi connectivity index (χ3v) is 2.43. The van der Waals surface area contributed by atoms with Crippen LogP contribution in [0.1, 0.15) is 18.2 Å². The summed E-state index contributed by atoms with van der Waals surface area (Å²) in [4.78, 5) is 12.7. The van der Waals surface area contributed by atoms with E-state index in [1.54, 1.807) is 12.4 Å².